The number of allylic oxidation sites excluding steroid dienone is 1. The fourth-order valence-corrected chi connectivity index (χ4v) is 8.79. The van der Waals surface area contributed by atoms with Gasteiger partial charge in [-0.3, -0.25) is 4.79 Å². The van der Waals surface area contributed by atoms with Crippen molar-refractivity contribution in [3.05, 3.63) is 53.2 Å². The molecule has 2 aromatic heterocycles. The fraction of sp³-hybridized carbons (Fsp3) is 0.536. The van der Waals surface area contributed by atoms with Gasteiger partial charge in [0.05, 0.1) is 47.6 Å². The normalized spacial score (nSPS) is 36.5. The lowest BCUT2D eigenvalue weighted by molar-refractivity contribution is -0.197. The summed E-state index contributed by atoms with van der Waals surface area (Å²) in [6.07, 6.45) is 7.18. The molecule has 1 radical (unpaired) electrons. The van der Waals surface area contributed by atoms with Gasteiger partial charge in [0, 0.05) is 11.3 Å². The molecule has 9 heteroatoms. The molecule has 0 aromatic carbocycles. The van der Waals surface area contributed by atoms with Crippen LogP contribution in [0.5, 0.6) is 0 Å². The summed E-state index contributed by atoms with van der Waals surface area (Å²) >= 11 is 1.01. The second-order valence-corrected chi connectivity index (χ2v) is 12.3. The highest BCUT2D eigenvalue weighted by atomic mass is 32.2. The number of alkyl halides is 1. The summed E-state index contributed by atoms with van der Waals surface area (Å²) in [4.78, 5) is 16.7. The number of hydrogen-bond acceptors (Lipinski definition) is 6. The van der Waals surface area contributed by atoms with Gasteiger partial charge in [-0.2, -0.15) is 14.8 Å². The Kier molecular flexibility index (Phi) is 5.67. The number of carbonyl (C=O) groups is 1. The molecule has 0 saturated heterocycles. The first kappa shape index (κ1) is 24.7. The molecule has 0 unspecified atom stereocenters. The van der Waals surface area contributed by atoms with Gasteiger partial charge in [-0.25, -0.2) is 14.1 Å². The molecule has 37 heavy (non-hydrogen) atoms. The van der Waals surface area contributed by atoms with Gasteiger partial charge in [-0.05, 0) is 73.6 Å². The Morgan fingerprint density at radius 1 is 1.27 bits per heavy atom. The molecule has 4 aliphatic carbocycles. The maximum atomic E-state index is 17.6. The largest absolute Gasteiger partial charge is 0.390 e. The summed E-state index contributed by atoms with van der Waals surface area (Å²) in [5, 5.41) is 24.9. The van der Waals surface area contributed by atoms with E-state index in [1.54, 1.807) is 16.9 Å². The molecule has 6 nitrogen and oxygen atoms in total. The summed E-state index contributed by atoms with van der Waals surface area (Å²) < 4.78 is 32.7. The van der Waals surface area contributed by atoms with E-state index in [4.69, 9.17) is 5.26 Å². The zero-order valence-electron chi connectivity index (χ0n) is 20.9. The predicted octanol–water partition coefficient (Wildman–Crippen LogP) is 5.01. The quantitative estimate of drug-likeness (QED) is 0.569. The Morgan fingerprint density at radius 2 is 2.05 bits per heavy atom. The van der Waals surface area contributed by atoms with E-state index in [-0.39, 0.29) is 29.1 Å². The predicted molar refractivity (Wildman–Crippen MR) is 135 cm³/mol. The second kappa shape index (κ2) is 8.47. The third-order valence-electron chi connectivity index (χ3n) is 9.83. The third-order valence-corrected chi connectivity index (χ3v) is 10.6. The number of carbonyl (C=O) groups excluding carboxylic acids is 1. The van der Waals surface area contributed by atoms with Crippen molar-refractivity contribution < 1.29 is 18.7 Å². The van der Waals surface area contributed by atoms with Crippen molar-refractivity contribution in [2.75, 3.05) is 5.75 Å². The van der Waals surface area contributed by atoms with E-state index < -0.39 is 28.6 Å². The summed E-state index contributed by atoms with van der Waals surface area (Å²) in [5.41, 5.74) is 0.0221. The number of aliphatic hydroxyl groups excluding tert-OH is 1. The molecule has 4 aliphatic rings. The van der Waals surface area contributed by atoms with Gasteiger partial charge in [-0.1, -0.05) is 31.2 Å². The highest BCUT2D eigenvalue weighted by Crippen LogP contribution is 2.70. The first-order valence-electron chi connectivity index (χ1n) is 12.8. The van der Waals surface area contributed by atoms with Gasteiger partial charge in [-0.15, -0.1) is 0 Å². The van der Waals surface area contributed by atoms with E-state index in [1.165, 1.54) is 12.3 Å². The molecule has 193 valence electrons. The molecule has 3 saturated carbocycles. The number of hydrogen-bond donors (Lipinski definition) is 1. The van der Waals surface area contributed by atoms with Gasteiger partial charge in [0.25, 0.3) is 0 Å². The number of nitrogens with zero attached hydrogens (tertiary/aromatic N) is 4. The van der Waals surface area contributed by atoms with Crippen molar-refractivity contribution in [1.29, 1.82) is 5.26 Å². The van der Waals surface area contributed by atoms with Crippen LogP contribution in [0, 0.1) is 45.9 Å². The number of fused-ring (bicyclic) bond motifs is 6. The van der Waals surface area contributed by atoms with Crippen LogP contribution in [0.1, 0.15) is 57.2 Å². The molecule has 3 fully saturated rings. The number of rotatable bonds is 3. The Hall–Kier alpha value is -2.57. The van der Waals surface area contributed by atoms with Gasteiger partial charge in [0.1, 0.15) is 5.67 Å². The van der Waals surface area contributed by atoms with Crippen molar-refractivity contribution >= 4 is 23.0 Å². The maximum absolute atomic E-state index is 17.6. The van der Waals surface area contributed by atoms with Crippen molar-refractivity contribution in [1.82, 2.24) is 14.8 Å². The molecule has 6 atom stereocenters. The van der Waals surface area contributed by atoms with E-state index in [1.807, 2.05) is 26.0 Å². The minimum absolute atomic E-state index is 0.0321. The molecule has 0 spiro atoms. The Labute approximate surface area is 219 Å². The number of thioether (sulfide) groups is 1. The molecular formula is C28H29F2N4O2S. The van der Waals surface area contributed by atoms with Crippen LogP contribution in [0.3, 0.4) is 0 Å². The summed E-state index contributed by atoms with van der Waals surface area (Å²) in [5.74, 6) is -0.115. The number of aliphatic hydroxyl groups is 1. The lowest BCUT2D eigenvalue weighted by Crippen LogP contribution is -2.67. The molecule has 0 aliphatic heterocycles. The second-order valence-electron chi connectivity index (χ2n) is 11.4. The van der Waals surface area contributed by atoms with Crippen LogP contribution in [0.4, 0.5) is 8.78 Å². The number of halogens is 2. The SMILES string of the molecule is C[C@@]12C[C@H](O)[C@@]3(F)[C@@H](CCC4=Cc5c(cnn5-c5ccc(F)nc5)C[C@@]43C)[C@@H]1CC[C]2C(=O)SCC#N. The molecule has 2 aromatic rings. The molecular weight excluding hydrogens is 494 g/mol. The van der Waals surface area contributed by atoms with Crippen LogP contribution in [0.25, 0.3) is 11.8 Å². The highest BCUT2D eigenvalue weighted by molar-refractivity contribution is 8.14. The number of pyridine rings is 1. The Balaban J connectivity index is 1.35. The van der Waals surface area contributed by atoms with Crippen LogP contribution in [-0.4, -0.2) is 42.5 Å². The van der Waals surface area contributed by atoms with Gasteiger partial charge in [0.15, 0.2) is 5.12 Å². The third kappa shape index (κ3) is 3.34. The van der Waals surface area contributed by atoms with E-state index >= 15 is 4.39 Å². The molecule has 1 N–H and O–H groups in total. The van der Waals surface area contributed by atoms with E-state index in [9.17, 15) is 14.3 Å². The Morgan fingerprint density at radius 3 is 2.78 bits per heavy atom. The van der Waals surface area contributed by atoms with Crippen molar-refractivity contribution in [3.63, 3.8) is 0 Å². The Bertz CT molecular complexity index is 1340. The zero-order valence-corrected chi connectivity index (χ0v) is 21.7. The lowest BCUT2D eigenvalue weighted by atomic mass is 9.44. The summed E-state index contributed by atoms with van der Waals surface area (Å²) in [7, 11) is 0. The van der Waals surface area contributed by atoms with E-state index in [2.05, 4.69) is 10.1 Å². The van der Waals surface area contributed by atoms with E-state index in [0.29, 0.717) is 31.4 Å². The number of nitriles is 1. The topological polar surface area (TPSA) is 91.8 Å². The van der Waals surface area contributed by atoms with Crippen molar-refractivity contribution in [2.45, 2.75) is 64.1 Å². The minimum atomic E-state index is -1.84. The maximum Gasteiger partial charge on any atom is 0.212 e. The van der Waals surface area contributed by atoms with Crippen LogP contribution in [0.2, 0.25) is 0 Å². The summed E-state index contributed by atoms with van der Waals surface area (Å²) in [6.45, 7) is 3.95. The first-order chi connectivity index (χ1) is 17.6. The zero-order chi connectivity index (χ0) is 26.2. The first-order valence-corrected chi connectivity index (χ1v) is 13.8. The minimum Gasteiger partial charge on any atom is -0.390 e. The molecule has 0 amide bonds. The van der Waals surface area contributed by atoms with Gasteiger partial charge >= 0.3 is 0 Å². The smallest absolute Gasteiger partial charge is 0.212 e. The average Bonchev–Trinajstić information content (AvgIpc) is 3.42. The van der Waals surface area contributed by atoms with Crippen LogP contribution in [-0.2, 0) is 11.2 Å². The van der Waals surface area contributed by atoms with Crippen LogP contribution in [0.15, 0.2) is 30.1 Å². The van der Waals surface area contributed by atoms with Gasteiger partial charge in [0.2, 0.25) is 5.95 Å². The van der Waals surface area contributed by atoms with Gasteiger partial charge < -0.3 is 5.11 Å². The standard InChI is InChI=1S/C28H29F2N4O2S/c1-26-13-23(35)28(30)20(19(26)6-7-21(26)25(36)37-10-9-31)5-3-17-11-22-16(12-27(17,28)2)14-33-34(22)18-4-8-24(29)32-15-18/h4,8,11,14-15,19-20,23,35H,3,5-7,10,12-13H2,1-2H3/t19-,20-,23-,26+,27-,28-/m0/s1. The monoisotopic (exact) mass is 523 g/mol. The lowest BCUT2D eigenvalue weighted by Gasteiger charge is -2.62. The summed E-state index contributed by atoms with van der Waals surface area (Å²) in [6, 6.07) is 4.92. The van der Waals surface area contributed by atoms with Crippen LogP contribution < -0.4 is 0 Å². The molecule has 6 rings (SSSR count). The fourth-order valence-electron chi connectivity index (χ4n) is 8.09. The molecule has 2 heterocycles. The van der Waals surface area contributed by atoms with E-state index in [0.717, 1.165) is 40.9 Å². The van der Waals surface area contributed by atoms with Crippen molar-refractivity contribution in [2.24, 2.45) is 22.7 Å². The van der Waals surface area contributed by atoms with Crippen molar-refractivity contribution in [3.8, 4) is 11.8 Å². The number of aromatic nitrogens is 3. The van der Waals surface area contributed by atoms with Crippen LogP contribution >= 0.6 is 11.8 Å². The average molecular weight is 524 g/mol. The highest BCUT2D eigenvalue weighted by Gasteiger charge is 2.71. The molecule has 0 bridgehead atoms.